The molecule has 0 aliphatic heterocycles. The van der Waals surface area contributed by atoms with Crippen LogP contribution in [0.15, 0.2) is 46.8 Å². The van der Waals surface area contributed by atoms with Gasteiger partial charge in [0.15, 0.2) is 10.1 Å². The molecule has 1 aliphatic carbocycles. The second-order valence-electron chi connectivity index (χ2n) is 7.74. The molecule has 0 saturated heterocycles. The Bertz CT molecular complexity index is 1010. The lowest BCUT2D eigenvalue weighted by Gasteiger charge is -2.09. The van der Waals surface area contributed by atoms with Gasteiger partial charge in [0, 0.05) is 11.3 Å². The minimum absolute atomic E-state index is 0.152. The zero-order valence-corrected chi connectivity index (χ0v) is 18.6. The number of carbonyl (C=O) groups is 1. The summed E-state index contributed by atoms with van der Waals surface area (Å²) in [6, 6.07) is 14.5. The number of aryl methyl sites for hydroxylation is 2. The molecule has 6 heteroatoms. The molecule has 0 radical (unpaired) electrons. The maximum Gasteiger partial charge on any atom is 0.210 e. The van der Waals surface area contributed by atoms with E-state index >= 15 is 0 Å². The highest BCUT2D eigenvalue weighted by Crippen LogP contribution is 2.32. The summed E-state index contributed by atoms with van der Waals surface area (Å²) in [5.41, 5.74) is 5.83. The van der Waals surface area contributed by atoms with Crippen LogP contribution in [0.1, 0.15) is 60.2 Å². The molecular formula is C23H25N3OS2. The van der Waals surface area contributed by atoms with Crippen LogP contribution in [0.25, 0.3) is 0 Å². The maximum atomic E-state index is 12.9. The predicted molar refractivity (Wildman–Crippen MR) is 122 cm³/mol. The summed E-state index contributed by atoms with van der Waals surface area (Å²) in [4.78, 5) is 12.9. The number of ketones is 1. The fourth-order valence-electron chi connectivity index (χ4n) is 3.55. The number of anilines is 2. The lowest BCUT2D eigenvalue weighted by Crippen LogP contribution is -2.13. The molecule has 29 heavy (non-hydrogen) atoms. The average molecular weight is 424 g/mol. The van der Waals surface area contributed by atoms with Crippen molar-refractivity contribution in [3.63, 3.8) is 0 Å². The zero-order valence-electron chi connectivity index (χ0n) is 16.9. The summed E-state index contributed by atoms with van der Waals surface area (Å²) in [7, 11) is 0. The van der Waals surface area contributed by atoms with Crippen molar-refractivity contribution in [1.82, 2.24) is 10.2 Å². The predicted octanol–water partition coefficient (Wildman–Crippen LogP) is 6.26. The Morgan fingerprint density at radius 2 is 1.79 bits per heavy atom. The van der Waals surface area contributed by atoms with Crippen molar-refractivity contribution in [2.45, 2.75) is 55.5 Å². The molecule has 0 unspecified atom stereocenters. The second kappa shape index (κ2) is 8.67. The SMILES string of the molecule is CC(C)c1ccc(Nc2nnc(S[C@@H](C)C(=O)c3ccc4c(c3)CCC4)s2)cc1. The molecular weight excluding hydrogens is 398 g/mol. The van der Waals surface area contributed by atoms with Gasteiger partial charge in [-0.25, -0.2) is 0 Å². The minimum atomic E-state index is -0.194. The minimum Gasteiger partial charge on any atom is -0.330 e. The van der Waals surface area contributed by atoms with Crippen LogP contribution in [-0.2, 0) is 12.8 Å². The molecule has 1 heterocycles. The van der Waals surface area contributed by atoms with Gasteiger partial charge in [0.1, 0.15) is 0 Å². The van der Waals surface area contributed by atoms with Crippen LogP contribution in [0.5, 0.6) is 0 Å². The number of Topliss-reactive ketones (excluding diaryl/α,β-unsaturated/α-hetero) is 1. The Balaban J connectivity index is 1.38. The number of carbonyl (C=O) groups excluding carboxylic acids is 1. The van der Waals surface area contributed by atoms with Crippen molar-refractivity contribution in [3.05, 3.63) is 64.7 Å². The Hall–Kier alpha value is -2.18. The molecule has 0 spiro atoms. The Labute approximate surface area is 180 Å². The van der Waals surface area contributed by atoms with Crippen LogP contribution in [0.3, 0.4) is 0 Å². The van der Waals surface area contributed by atoms with E-state index in [4.69, 9.17) is 0 Å². The number of nitrogens with one attached hydrogen (secondary N) is 1. The topological polar surface area (TPSA) is 54.9 Å². The molecule has 0 amide bonds. The molecule has 3 aromatic rings. The monoisotopic (exact) mass is 423 g/mol. The number of fused-ring (bicyclic) bond motifs is 1. The Morgan fingerprint density at radius 1 is 1.03 bits per heavy atom. The average Bonchev–Trinajstić information content (AvgIpc) is 3.36. The summed E-state index contributed by atoms with van der Waals surface area (Å²) in [6.45, 7) is 6.31. The van der Waals surface area contributed by atoms with Crippen LogP contribution >= 0.6 is 23.1 Å². The van der Waals surface area contributed by atoms with E-state index in [1.54, 1.807) is 0 Å². The molecule has 4 nitrogen and oxygen atoms in total. The van der Waals surface area contributed by atoms with E-state index in [9.17, 15) is 4.79 Å². The van der Waals surface area contributed by atoms with Crippen LogP contribution < -0.4 is 5.32 Å². The van der Waals surface area contributed by atoms with Crippen LogP contribution in [0.4, 0.5) is 10.8 Å². The number of hydrogen-bond donors (Lipinski definition) is 1. The molecule has 0 saturated carbocycles. The first-order valence-electron chi connectivity index (χ1n) is 10.0. The molecule has 4 rings (SSSR count). The highest BCUT2D eigenvalue weighted by Gasteiger charge is 2.21. The van der Waals surface area contributed by atoms with E-state index in [0.717, 1.165) is 33.6 Å². The van der Waals surface area contributed by atoms with Crippen molar-refractivity contribution in [2.24, 2.45) is 0 Å². The molecule has 150 valence electrons. The highest BCUT2D eigenvalue weighted by atomic mass is 32.2. The molecule has 1 N–H and O–H groups in total. The van der Waals surface area contributed by atoms with Gasteiger partial charge < -0.3 is 5.32 Å². The van der Waals surface area contributed by atoms with E-state index in [0.29, 0.717) is 5.92 Å². The third-order valence-electron chi connectivity index (χ3n) is 5.26. The van der Waals surface area contributed by atoms with Crippen molar-refractivity contribution < 1.29 is 4.79 Å². The summed E-state index contributed by atoms with van der Waals surface area (Å²) in [5.74, 6) is 0.664. The summed E-state index contributed by atoms with van der Waals surface area (Å²) < 4.78 is 0.799. The number of rotatable bonds is 7. The number of benzene rings is 2. The quantitative estimate of drug-likeness (QED) is 0.359. The lowest BCUT2D eigenvalue weighted by molar-refractivity contribution is 0.0994. The first kappa shape index (κ1) is 20.1. The maximum absolute atomic E-state index is 12.9. The van der Waals surface area contributed by atoms with Gasteiger partial charge in [0.05, 0.1) is 5.25 Å². The molecule has 0 bridgehead atoms. The fourth-order valence-corrected chi connectivity index (χ4v) is 5.54. The van der Waals surface area contributed by atoms with Gasteiger partial charge in [-0.3, -0.25) is 4.79 Å². The van der Waals surface area contributed by atoms with Crippen molar-refractivity contribution >= 4 is 39.7 Å². The zero-order chi connectivity index (χ0) is 20.4. The van der Waals surface area contributed by atoms with E-state index in [1.807, 2.05) is 13.0 Å². The van der Waals surface area contributed by atoms with Crippen molar-refractivity contribution in [2.75, 3.05) is 5.32 Å². The smallest absolute Gasteiger partial charge is 0.210 e. The summed E-state index contributed by atoms with van der Waals surface area (Å²) >= 11 is 2.95. The molecule has 1 atom stereocenters. The van der Waals surface area contributed by atoms with E-state index < -0.39 is 0 Å². The Kier molecular flexibility index (Phi) is 6.01. The van der Waals surface area contributed by atoms with Gasteiger partial charge >= 0.3 is 0 Å². The number of aromatic nitrogens is 2. The first-order valence-corrected chi connectivity index (χ1v) is 11.7. The standard InChI is InChI=1S/C23H25N3OS2/c1-14(2)16-9-11-20(12-10-16)24-22-25-26-23(29-22)28-15(3)21(27)19-8-7-17-5-4-6-18(17)13-19/h7-15H,4-6H2,1-3H3,(H,24,25)/t15-/m0/s1. The van der Waals surface area contributed by atoms with Crippen LogP contribution in [0.2, 0.25) is 0 Å². The molecule has 1 aliphatic rings. The third-order valence-corrected chi connectivity index (χ3v) is 7.29. The van der Waals surface area contributed by atoms with Crippen molar-refractivity contribution in [3.8, 4) is 0 Å². The highest BCUT2D eigenvalue weighted by molar-refractivity contribution is 8.02. The third kappa shape index (κ3) is 4.70. The molecule has 0 fully saturated rings. The van der Waals surface area contributed by atoms with E-state index in [-0.39, 0.29) is 11.0 Å². The van der Waals surface area contributed by atoms with Gasteiger partial charge in [0.2, 0.25) is 5.13 Å². The summed E-state index contributed by atoms with van der Waals surface area (Å²) in [6.07, 6.45) is 3.41. The number of nitrogens with zero attached hydrogens (tertiary/aromatic N) is 2. The van der Waals surface area contributed by atoms with Gasteiger partial charge in [-0.05, 0) is 67.0 Å². The first-order chi connectivity index (χ1) is 14.0. The van der Waals surface area contributed by atoms with Gasteiger partial charge in [-0.15, -0.1) is 10.2 Å². The summed E-state index contributed by atoms with van der Waals surface area (Å²) in [5, 5.41) is 12.3. The van der Waals surface area contributed by atoms with E-state index in [2.05, 4.69) is 65.8 Å². The largest absolute Gasteiger partial charge is 0.330 e. The van der Waals surface area contributed by atoms with Crippen LogP contribution in [0, 0.1) is 0 Å². The lowest BCUT2D eigenvalue weighted by atomic mass is 10.0. The molecule has 1 aromatic heterocycles. The second-order valence-corrected chi connectivity index (χ2v) is 10.3. The van der Waals surface area contributed by atoms with Gasteiger partial charge in [-0.1, -0.05) is 61.2 Å². The Morgan fingerprint density at radius 3 is 2.55 bits per heavy atom. The van der Waals surface area contributed by atoms with E-state index in [1.165, 1.54) is 46.2 Å². The molecule has 2 aromatic carbocycles. The van der Waals surface area contributed by atoms with Crippen LogP contribution in [-0.4, -0.2) is 21.2 Å². The number of hydrogen-bond acceptors (Lipinski definition) is 6. The fraction of sp³-hybridized carbons (Fsp3) is 0.348. The van der Waals surface area contributed by atoms with Gasteiger partial charge in [-0.2, -0.15) is 0 Å². The van der Waals surface area contributed by atoms with Crippen molar-refractivity contribution in [1.29, 1.82) is 0 Å². The number of thioether (sulfide) groups is 1. The normalized spacial score (nSPS) is 14.1. The van der Waals surface area contributed by atoms with Gasteiger partial charge in [0.25, 0.3) is 0 Å².